The molecule has 1 fully saturated rings. The molecule has 2 rings (SSSR count). The number of nitrogens with one attached hydrogen (secondary N) is 1. The van der Waals surface area contributed by atoms with Gasteiger partial charge < -0.3 is 15.1 Å². The number of piperidine rings is 1. The van der Waals surface area contributed by atoms with Gasteiger partial charge in [0.1, 0.15) is 0 Å². The number of likely N-dealkylation sites (tertiary alicyclic amines) is 1. The average molecular weight is 334 g/mol. The van der Waals surface area contributed by atoms with Crippen LogP contribution in [0.4, 0.5) is 5.69 Å². The third-order valence-corrected chi connectivity index (χ3v) is 5.03. The number of aryl methyl sites for hydroxylation is 1. The van der Waals surface area contributed by atoms with Gasteiger partial charge in [0, 0.05) is 36.9 Å². The molecule has 1 aliphatic heterocycles. The van der Waals surface area contributed by atoms with E-state index in [1.807, 2.05) is 0 Å². The maximum Gasteiger partial charge on any atom is 0.173 e. The Labute approximate surface area is 147 Å². The molecule has 1 aliphatic rings. The van der Waals surface area contributed by atoms with E-state index in [0.717, 1.165) is 10.8 Å². The highest BCUT2D eigenvalue weighted by Gasteiger charge is 2.28. The van der Waals surface area contributed by atoms with Crippen molar-refractivity contribution >= 4 is 23.0 Å². The van der Waals surface area contributed by atoms with Crippen LogP contribution in [0.3, 0.4) is 0 Å². The molecule has 1 saturated heterocycles. The topological polar surface area (TPSA) is 18.5 Å². The number of hydrogen-bond donors (Lipinski definition) is 1. The lowest BCUT2D eigenvalue weighted by atomic mass is 10.0. The van der Waals surface area contributed by atoms with Gasteiger partial charge in [0.25, 0.3) is 0 Å². The van der Waals surface area contributed by atoms with Crippen molar-refractivity contribution < 1.29 is 0 Å². The Bertz CT molecular complexity index is 502. The first kappa shape index (κ1) is 18.2. The van der Waals surface area contributed by atoms with Gasteiger partial charge >= 0.3 is 0 Å². The van der Waals surface area contributed by atoms with E-state index in [0.29, 0.717) is 18.1 Å². The van der Waals surface area contributed by atoms with Crippen molar-refractivity contribution in [1.82, 2.24) is 9.80 Å². The summed E-state index contributed by atoms with van der Waals surface area (Å²) in [5.41, 5.74) is 2.34. The minimum Gasteiger partial charge on any atom is -0.344 e. The van der Waals surface area contributed by atoms with Crippen molar-refractivity contribution in [1.29, 1.82) is 0 Å². The van der Waals surface area contributed by atoms with Gasteiger partial charge in [-0.15, -0.1) is 0 Å². The Morgan fingerprint density at radius 1 is 1.13 bits per heavy atom. The molecule has 0 unspecified atom stereocenters. The van der Waals surface area contributed by atoms with Gasteiger partial charge in [0.05, 0.1) is 0 Å². The second-order valence-corrected chi connectivity index (χ2v) is 7.54. The summed E-state index contributed by atoms with van der Waals surface area (Å²) >= 11 is 5.73. The summed E-state index contributed by atoms with van der Waals surface area (Å²) in [6.07, 6.45) is 2.37. The summed E-state index contributed by atoms with van der Waals surface area (Å²) in [6, 6.07) is 10.0. The third kappa shape index (κ3) is 4.92. The summed E-state index contributed by atoms with van der Waals surface area (Å²) < 4.78 is 0. The Hall–Kier alpha value is -1.13. The van der Waals surface area contributed by atoms with E-state index in [9.17, 15) is 0 Å². The molecule has 1 aromatic carbocycles. The summed E-state index contributed by atoms with van der Waals surface area (Å²) in [5.74, 6) is 0. The molecule has 1 N–H and O–H groups in total. The molecular formula is C19H31N3S. The zero-order valence-corrected chi connectivity index (χ0v) is 16.0. The molecule has 3 nitrogen and oxygen atoms in total. The number of rotatable bonds is 4. The molecule has 4 heteroatoms. The third-order valence-electron chi connectivity index (χ3n) is 4.72. The molecule has 0 spiro atoms. The van der Waals surface area contributed by atoms with Crippen LogP contribution in [0.15, 0.2) is 24.3 Å². The van der Waals surface area contributed by atoms with Crippen molar-refractivity contribution in [2.75, 3.05) is 18.4 Å². The molecule has 0 bridgehead atoms. The van der Waals surface area contributed by atoms with Gasteiger partial charge in [-0.1, -0.05) is 17.7 Å². The molecular weight excluding hydrogens is 302 g/mol. The van der Waals surface area contributed by atoms with Crippen LogP contribution in [0.2, 0.25) is 0 Å². The highest BCUT2D eigenvalue weighted by molar-refractivity contribution is 7.80. The van der Waals surface area contributed by atoms with E-state index >= 15 is 0 Å². The van der Waals surface area contributed by atoms with Crippen molar-refractivity contribution in [2.45, 2.75) is 65.6 Å². The van der Waals surface area contributed by atoms with Gasteiger partial charge in [0.15, 0.2) is 5.11 Å². The highest BCUT2D eigenvalue weighted by atomic mass is 32.1. The largest absolute Gasteiger partial charge is 0.344 e. The molecule has 0 atom stereocenters. The standard InChI is InChI=1S/C19H31N3S/c1-14(2)21-12-10-18(11-13-21)22(15(3)4)19(23)20-17-8-6-16(5)7-9-17/h6-9,14-15,18H,10-13H2,1-5H3,(H,20,23). The predicted octanol–water partition coefficient (Wildman–Crippen LogP) is 4.28. The van der Waals surface area contributed by atoms with Gasteiger partial charge in [-0.3, -0.25) is 0 Å². The fourth-order valence-corrected chi connectivity index (χ4v) is 3.81. The fraction of sp³-hybridized carbons (Fsp3) is 0.632. The Balaban J connectivity index is 2.00. The normalized spacial score (nSPS) is 16.8. The zero-order valence-electron chi connectivity index (χ0n) is 15.2. The van der Waals surface area contributed by atoms with Crippen molar-refractivity contribution in [2.24, 2.45) is 0 Å². The molecule has 128 valence electrons. The number of benzene rings is 1. The molecule has 0 aliphatic carbocycles. The van der Waals surface area contributed by atoms with Crippen LogP contribution in [0, 0.1) is 6.92 Å². The van der Waals surface area contributed by atoms with Crippen LogP contribution < -0.4 is 5.32 Å². The van der Waals surface area contributed by atoms with Crippen LogP contribution in [0.1, 0.15) is 46.1 Å². The first-order valence-electron chi connectivity index (χ1n) is 8.78. The van der Waals surface area contributed by atoms with E-state index < -0.39 is 0 Å². The molecule has 23 heavy (non-hydrogen) atoms. The van der Waals surface area contributed by atoms with Crippen LogP contribution in [0.25, 0.3) is 0 Å². The van der Waals surface area contributed by atoms with Crippen molar-refractivity contribution in [3.05, 3.63) is 29.8 Å². The van der Waals surface area contributed by atoms with Gasteiger partial charge in [-0.05, 0) is 71.8 Å². The molecule has 0 radical (unpaired) electrons. The first-order chi connectivity index (χ1) is 10.9. The van der Waals surface area contributed by atoms with Crippen LogP contribution in [0.5, 0.6) is 0 Å². The number of nitrogens with zero attached hydrogens (tertiary/aromatic N) is 2. The summed E-state index contributed by atoms with van der Waals surface area (Å²) in [6.45, 7) is 13.5. The summed E-state index contributed by atoms with van der Waals surface area (Å²) in [4.78, 5) is 4.96. The summed E-state index contributed by atoms with van der Waals surface area (Å²) in [7, 11) is 0. The van der Waals surface area contributed by atoms with Crippen LogP contribution in [-0.4, -0.2) is 46.1 Å². The minimum atomic E-state index is 0.413. The Kier molecular flexibility index (Phi) is 6.42. The lowest BCUT2D eigenvalue weighted by Crippen LogP contribution is -2.52. The number of thiocarbonyl (C=S) groups is 1. The molecule has 1 heterocycles. The maximum atomic E-state index is 5.73. The van der Waals surface area contributed by atoms with E-state index in [1.54, 1.807) is 0 Å². The quantitative estimate of drug-likeness (QED) is 0.829. The Morgan fingerprint density at radius 3 is 2.17 bits per heavy atom. The lowest BCUT2D eigenvalue weighted by molar-refractivity contribution is 0.117. The molecule has 1 aromatic rings. The molecule has 0 aromatic heterocycles. The SMILES string of the molecule is Cc1ccc(NC(=S)N(C(C)C)C2CCN(C(C)C)CC2)cc1. The predicted molar refractivity (Wildman–Crippen MR) is 104 cm³/mol. The average Bonchev–Trinajstić information content (AvgIpc) is 2.50. The molecule has 0 saturated carbocycles. The minimum absolute atomic E-state index is 0.413. The highest BCUT2D eigenvalue weighted by Crippen LogP contribution is 2.22. The molecule has 0 amide bonds. The fourth-order valence-electron chi connectivity index (χ4n) is 3.33. The summed E-state index contributed by atoms with van der Waals surface area (Å²) in [5, 5.41) is 4.28. The monoisotopic (exact) mass is 333 g/mol. The van der Waals surface area contributed by atoms with Crippen LogP contribution in [-0.2, 0) is 0 Å². The van der Waals surface area contributed by atoms with Gasteiger partial charge in [-0.2, -0.15) is 0 Å². The smallest absolute Gasteiger partial charge is 0.173 e. The second kappa shape index (κ2) is 8.11. The van der Waals surface area contributed by atoms with E-state index in [1.165, 1.54) is 31.5 Å². The van der Waals surface area contributed by atoms with E-state index in [-0.39, 0.29) is 0 Å². The number of hydrogen-bond acceptors (Lipinski definition) is 2. The van der Waals surface area contributed by atoms with E-state index in [4.69, 9.17) is 12.2 Å². The van der Waals surface area contributed by atoms with Crippen molar-refractivity contribution in [3.63, 3.8) is 0 Å². The number of anilines is 1. The zero-order chi connectivity index (χ0) is 17.0. The Morgan fingerprint density at radius 2 is 1.70 bits per heavy atom. The second-order valence-electron chi connectivity index (χ2n) is 7.16. The lowest BCUT2D eigenvalue weighted by Gasteiger charge is -2.43. The van der Waals surface area contributed by atoms with Crippen LogP contribution >= 0.6 is 12.2 Å². The first-order valence-corrected chi connectivity index (χ1v) is 9.19. The van der Waals surface area contributed by atoms with Crippen molar-refractivity contribution in [3.8, 4) is 0 Å². The maximum absolute atomic E-state index is 5.73. The van der Waals surface area contributed by atoms with Gasteiger partial charge in [0.2, 0.25) is 0 Å². The van der Waals surface area contributed by atoms with Gasteiger partial charge in [-0.25, -0.2) is 0 Å². The van der Waals surface area contributed by atoms with E-state index in [2.05, 4.69) is 74.0 Å².